The lowest BCUT2D eigenvalue weighted by atomic mass is 10.00. The van der Waals surface area contributed by atoms with Gasteiger partial charge in [0.15, 0.2) is 0 Å². The maximum absolute atomic E-state index is 15.2. The first-order valence-electron chi connectivity index (χ1n) is 33.1. The largest absolute Gasteiger partial charge is 0.394 e. The van der Waals surface area contributed by atoms with E-state index in [-0.39, 0.29) is 51.5 Å². The fourth-order valence-electron chi connectivity index (χ4n) is 10.7. The van der Waals surface area contributed by atoms with Crippen LogP contribution in [0.15, 0.2) is 121 Å². The average molecular weight is 1370 g/mol. The molecule has 29 nitrogen and oxygen atoms in total. The van der Waals surface area contributed by atoms with E-state index in [0.717, 1.165) is 0 Å². The van der Waals surface area contributed by atoms with E-state index in [1.54, 1.807) is 121 Å². The van der Waals surface area contributed by atoms with Crippen LogP contribution in [0.3, 0.4) is 0 Å². The molecule has 5 rings (SSSR count). The minimum absolute atomic E-state index is 0.101. The molecular formula is C70H97N15O14. The number of unbranched alkanes of at least 4 members (excludes halogenated alkanes) is 2. The summed E-state index contributed by atoms with van der Waals surface area (Å²) in [5, 5.41) is 58.5. The lowest BCUT2D eigenvalue weighted by Gasteiger charge is -2.29. The van der Waals surface area contributed by atoms with Crippen LogP contribution in [-0.2, 0) is 78.4 Å². The number of benzene rings is 4. The zero-order valence-corrected chi connectivity index (χ0v) is 55.9. The molecule has 0 saturated carbocycles. The van der Waals surface area contributed by atoms with Crippen LogP contribution in [0.2, 0.25) is 0 Å². The van der Waals surface area contributed by atoms with Crippen LogP contribution in [0.5, 0.6) is 0 Å². The van der Waals surface area contributed by atoms with Gasteiger partial charge < -0.3 is 96.4 Å². The van der Waals surface area contributed by atoms with E-state index < -0.39 is 157 Å². The molecule has 29 heteroatoms. The number of hydrogen-bond acceptors (Lipinski definition) is 17. The number of aromatic nitrogens is 1. The number of carbonyl (C=O) groups is 11. The molecule has 11 amide bonds. The van der Waals surface area contributed by atoms with Crippen molar-refractivity contribution in [3.8, 4) is 0 Å². The van der Waals surface area contributed by atoms with Crippen molar-refractivity contribution in [3.63, 3.8) is 0 Å². The standard InChI is InChI=1S/C70H97N15O14/c1-5-21-41(2)76-68(97)57(40-86)83-70(99)60(43(4)88)85-67(96)54(36-46-26-13-8-14-27-46)82-69(98)59(42(3)87)84-62(91)51(31-18-20-33-72)77-65(94)55(37-47-39-75-50-30-16-15-28-48(47)50)81-64(93)53(35-45-24-11-7-12-25-45)79-63(92)52(34-44-22-9-6-10-23-44)80-66(95)56(38-58(74)89)78-61(90)49(73)29-17-19-32-71/h6-16,22-28,30,39,41-43,49,51-57,59-60,75,86-88H,1-2,5,17-21,29,31-38,40,71-73H2,3-4H3,(H2,74,89)(H,76,97)(H,77,94)(H,78,90)(H,79,92)(H,80,95)(H,81,93)(H,82,98)(H,83,99)(H,84,91)(H,85,96)/t41-,42?,43?,49+,51+,52+,53+,54+,55+,56+,57+,59+,60+/m1/s1. The number of aliphatic hydroxyl groups excluding tert-OH is 3. The van der Waals surface area contributed by atoms with E-state index in [1.165, 1.54) is 13.8 Å². The molecule has 5 aromatic rings. The molecule has 99 heavy (non-hydrogen) atoms. The molecule has 4 aromatic carbocycles. The Hall–Kier alpha value is -9.65. The van der Waals surface area contributed by atoms with Crippen molar-refractivity contribution >= 4 is 75.9 Å². The minimum atomic E-state index is -1.83. The molecule has 0 aliphatic rings. The third-order valence-corrected chi connectivity index (χ3v) is 16.2. The second-order valence-electron chi connectivity index (χ2n) is 24.4. The number of primary amides is 1. The van der Waals surface area contributed by atoms with Crippen LogP contribution in [-0.4, -0.2) is 184 Å². The molecule has 0 aliphatic heterocycles. The van der Waals surface area contributed by atoms with Gasteiger partial charge in [0, 0.05) is 48.8 Å². The summed E-state index contributed by atoms with van der Waals surface area (Å²) in [7, 11) is 0. The van der Waals surface area contributed by atoms with Gasteiger partial charge in [-0.2, -0.15) is 0 Å². The molecule has 536 valence electrons. The highest BCUT2D eigenvalue weighted by atomic mass is 16.3. The van der Waals surface area contributed by atoms with Gasteiger partial charge in [-0.25, -0.2) is 0 Å². The average Bonchev–Trinajstić information content (AvgIpc) is 1.77. The van der Waals surface area contributed by atoms with Crippen molar-refractivity contribution in [2.75, 3.05) is 19.7 Å². The Kier molecular flexibility index (Phi) is 33.6. The number of para-hydroxylation sites is 1. The summed E-state index contributed by atoms with van der Waals surface area (Å²) in [6.45, 7) is 9.57. The predicted octanol–water partition coefficient (Wildman–Crippen LogP) is -2.05. The van der Waals surface area contributed by atoms with E-state index in [1.807, 2.05) is 0 Å². The van der Waals surface area contributed by atoms with Gasteiger partial charge in [-0.3, -0.25) is 52.7 Å². The van der Waals surface area contributed by atoms with Crippen LogP contribution >= 0.6 is 0 Å². The van der Waals surface area contributed by atoms with E-state index in [4.69, 9.17) is 22.9 Å². The molecule has 0 aliphatic carbocycles. The van der Waals surface area contributed by atoms with E-state index >= 15 is 9.59 Å². The molecular weight excluding hydrogens is 1270 g/mol. The maximum atomic E-state index is 15.2. The number of nitrogens with one attached hydrogen (secondary N) is 11. The van der Waals surface area contributed by atoms with Gasteiger partial charge in [-0.15, -0.1) is 0 Å². The van der Waals surface area contributed by atoms with Crippen molar-refractivity contribution in [3.05, 3.63) is 158 Å². The molecule has 0 bridgehead atoms. The van der Waals surface area contributed by atoms with E-state index in [9.17, 15) is 58.5 Å². The van der Waals surface area contributed by atoms with Crippen LogP contribution < -0.4 is 76.1 Å². The molecule has 0 saturated heterocycles. The third-order valence-electron chi connectivity index (χ3n) is 16.2. The highest BCUT2D eigenvalue weighted by Gasteiger charge is 2.38. The zero-order chi connectivity index (χ0) is 72.6. The van der Waals surface area contributed by atoms with Gasteiger partial charge in [-0.1, -0.05) is 129 Å². The molecule has 0 fully saturated rings. The number of fused-ring (bicyclic) bond motifs is 1. The summed E-state index contributed by atoms with van der Waals surface area (Å²) in [6.07, 6.45) is -0.487. The lowest BCUT2D eigenvalue weighted by Crippen LogP contribution is -2.63. The molecule has 0 spiro atoms. The number of hydrogen-bond donors (Lipinski definition) is 18. The van der Waals surface area contributed by atoms with Crippen LogP contribution in [0, 0.1) is 13.8 Å². The summed E-state index contributed by atoms with van der Waals surface area (Å²) in [5.41, 5.74) is 26.0. The quantitative estimate of drug-likeness (QED) is 0.0187. The Morgan fingerprint density at radius 2 is 0.818 bits per heavy atom. The molecule has 2 unspecified atom stereocenters. The lowest BCUT2D eigenvalue weighted by molar-refractivity contribution is -0.138. The van der Waals surface area contributed by atoms with Crippen LogP contribution in [0.4, 0.5) is 0 Å². The molecule has 22 N–H and O–H groups in total. The van der Waals surface area contributed by atoms with Crippen LogP contribution in [0.1, 0.15) is 93.9 Å². The highest BCUT2D eigenvalue weighted by molar-refractivity contribution is 6.00. The van der Waals surface area contributed by atoms with Gasteiger partial charge >= 0.3 is 0 Å². The molecule has 1 aromatic heterocycles. The van der Waals surface area contributed by atoms with Crippen molar-refractivity contribution in [1.82, 2.24) is 58.2 Å². The summed E-state index contributed by atoms with van der Waals surface area (Å²) >= 11 is 0. The summed E-state index contributed by atoms with van der Waals surface area (Å²) in [6, 6.07) is 16.6. The van der Waals surface area contributed by atoms with Crippen molar-refractivity contribution in [1.29, 1.82) is 0 Å². The van der Waals surface area contributed by atoms with Crippen molar-refractivity contribution in [2.24, 2.45) is 22.9 Å². The number of H-pyrrole nitrogens is 1. The molecule has 13 atom stereocenters. The van der Waals surface area contributed by atoms with Crippen LogP contribution in [0.25, 0.3) is 10.9 Å². The number of aliphatic hydroxyl groups is 3. The Bertz CT molecular complexity index is 3430. The number of aromatic amines is 1. The monoisotopic (exact) mass is 1370 g/mol. The van der Waals surface area contributed by atoms with Crippen molar-refractivity contribution in [2.45, 2.75) is 176 Å². The second kappa shape index (κ2) is 41.6. The number of amides is 11. The highest BCUT2D eigenvalue weighted by Crippen LogP contribution is 2.20. The second-order valence-corrected chi connectivity index (χ2v) is 24.4. The van der Waals surface area contributed by atoms with E-state index in [2.05, 4.69) is 72.0 Å². The molecule has 2 radical (unpaired) electrons. The number of carbonyl (C=O) groups excluding carboxylic acids is 11. The minimum Gasteiger partial charge on any atom is -0.394 e. The van der Waals surface area contributed by atoms with E-state index in [0.29, 0.717) is 71.8 Å². The number of rotatable bonds is 43. The summed E-state index contributed by atoms with van der Waals surface area (Å²) in [5.74, 6) is -10.4. The first-order chi connectivity index (χ1) is 47.4. The fourth-order valence-corrected chi connectivity index (χ4v) is 10.7. The maximum Gasteiger partial charge on any atom is 0.245 e. The van der Waals surface area contributed by atoms with Crippen molar-refractivity contribution < 1.29 is 68.1 Å². The zero-order valence-electron chi connectivity index (χ0n) is 55.9. The van der Waals surface area contributed by atoms with Gasteiger partial charge in [0.2, 0.25) is 65.0 Å². The normalized spacial score (nSPS) is 15.2. The predicted molar refractivity (Wildman–Crippen MR) is 370 cm³/mol. The SMILES string of the molecule is [CH2]CC[C@@H]([CH2])NC(=O)[C@H](CO)NC(=O)[C@@H](NC(=O)[C@H](Cc1ccccc1)NC(=O)[C@@H](NC(=O)[C@H](CCCCN)NC(=O)[C@H](Cc1c[nH]c2ccccc12)NC(=O)[C@H](Cc1ccccc1)NC(=O)[C@H](Cc1ccccc1)NC(=O)[C@H](CC(N)=O)NC(=O)[C@@H](N)CCCCN)C(C)O)C(C)O. The smallest absolute Gasteiger partial charge is 0.245 e. The Balaban J connectivity index is 1.46. The Morgan fingerprint density at radius 1 is 0.444 bits per heavy atom. The Morgan fingerprint density at radius 3 is 1.26 bits per heavy atom. The third kappa shape index (κ3) is 26.6. The van der Waals surface area contributed by atoms with Gasteiger partial charge in [0.25, 0.3) is 0 Å². The topological polar surface area (TPSA) is 489 Å². The fraction of sp³-hybridized carbons (Fsp3) is 0.443. The summed E-state index contributed by atoms with van der Waals surface area (Å²) < 4.78 is 0. The number of nitrogens with two attached hydrogens (primary N) is 4. The van der Waals surface area contributed by atoms with Gasteiger partial charge in [0.05, 0.1) is 31.3 Å². The van der Waals surface area contributed by atoms with Gasteiger partial charge in [0.1, 0.15) is 54.4 Å². The first-order valence-corrected chi connectivity index (χ1v) is 33.1. The molecule has 1 heterocycles. The first kappa shape index (κ1) is 80.0. The summed E-state index contributed by atoms with van der Waals surface area (Å²) in [4.78, 5) is 158. The Labute approximate surface area is 576 Å². The van der Waals surface area contributed by atoms with Gasteiger partial charge in [-0.05, 0) is 101 Å².